The van der Waals surface area contributed by atoms with Gasteiger partial charge in [-0.3, -0.25) is 0 Å². The summed E-state index contributed by atoms with van der Waals surface area (Å²) < 4.78 is 6.26. The molecule has 0 aliphatic heterocycles. The van der Waals surface area contributed by atoms with E-state index in [1.807, 2.05) is 66.9 Å². The second kappa shape index (κ2) is 13.7. The Labute approximate surface area is 266 Å². The Bertz CT molecular complexity index is 1900. The monoisotopic (exact) mass is 738 g/mol. The van der Waals surface area contributed by atoms with Crippen LogP contribution in [0.1, 0.15) is 42.1 Å². The molecule has 7 aromatic rings. The maximum Gasteiger partial charge on any atom is 0.216 e. The van der Waals surface area contributed by atoms with Gasteiger partial charge in [-0.25, -0.2) is 4.98 Å². The topological polar surface area (TPSA) is 51.8 Å². The zero-order valence-electron chi connectivity index (χ0n) is 24.3. The Balaban J connectivity index is 0.000000238. The van der Waals surface area contributed by atoms with Crippen molar-refractivity contribution in [3.8, 4) is 22.5 Å². The van der Waals surface area contributed by atoms with Crippen LogP contribution in [-0.2, 0) is 26.5 Å². The van der Waals surface area contributed by atoms with E-state index in [1.165, 1.54) is 16.7 Å². The fourth-order valence-corrected chi connectivity index (χ4v) is 5.13. The third-order valence-electron chi connectivity index (χ3n) is 7.26. The first-order chi connectivity index (χ1) is 20.6. The summed E-state index contributed by atoms with van der Waals surface area (Å²) in [5.74, 6) is 0.434. The molecule has 4 nitrogen and oxygen atoms in total. The van der Waals surface area contributed by atoms with E-state index in [4.69, 9.17) is 9.40 Å². The Kier molecular flexibility index (Phi) is 9.56. The van der Waals surface area contributed by atoms with Crippen LogP contribution in [-0.4, -0.2) is 15.0 Å². The molecule has 1 radical (unpaired) electrons. The van der Waals surface area contributed by atoms with Gasteiger partial charge in [-0.05, 0) is 59.1 Å². The van der Waals surface area contributed by atoms with Crippen molar-refractivity contribution in [1.29, 1.82) is 0 Å². The van der Waals surface area contributed by atoms with Gasteiger partial charge in [0.1, 0.15) is 0 Å². The normalized spacial score (nSPS) is 10.8. The minimum Gasteiger partial charge on any atom is -0.486 e. The average molecular weight is 738 g/mol. The fraction of sp³-hybridized carbons (Fsp3) is 0.132. The molecule has 0 bridgehead atoms. The van der Waals surface area contributed by atoms with Crippen LogP contribution >= 0.6 is 0 Å². The van der Waals surface area contributed by atoms with E-state index in [1.54, 1.807) is 6.20 Å². The molecule has 0 N–H and O–H groups in total. The van der Waals surface area contributed by atoms with Crippen molar-refractivity contribution in [2.45, 2.75) is 33.1 Å². The van der Waals surface area contributed by atoms with Crippen LogP contribution in [0.15, 0.2) is 120 Å². The zero-order valence-corrected chi connectivity index (χ0v) is 26.7. The summed E-state index contributed by atoms with van der Waals surface area (Å²) in [5, 5.41) is 2.07. The number of pyridine rings is 3. The number of rotatable bonds is 5. The van der Waals surface area contributed by atoms with Gasteiger partial charge < -0.3 is 14.4 Å². The molecule has 0 amide bonds. The van der Waals surface area contributed by atoms with E-state index in [9.17, 15) is 0 Å². The van der Waals surface area contributed by atoms with Gasteiger partial charge in [-0.15, -0.1) is 54.1 Å². The molecule has 43 heavy (non-hydrogen) atoms. The number of nitrogens with zero attached hydrogens (tertiary/aromatic N) is 3. The summed E-state index contributed by atoms with van der Waals surface area (Å²) in [6, 6.07) is 40.9. The SMILES string of the molecule is Cc1cnc(-c2[c-]ccc3c2oc2nc(Cc4ccccc4)ccc23)cc1C(C)C.[Ir].[c-]1ccccc1-c1ccccn1. The molecule has 4 heterocycles. The Morgan fingerprint density at radius 3 is 2.33 bits per heavy atom. The molecule has 0 fully saturated rings. The van der Waals surface area contributed by atoms with Crippen molar-refractivity contribution in [3.05, 3.63) is 150 Å². The van der Waals surface area contributed by atoms with E-state index >= 15 is 0 Å². The van der Waals surface area contributed by atoms with Gasteiger partial charge in [0.25, 0.3) is 0 Å². The molecule has 0 saturated carbocycles. The number of hydrogen-bond donors (Lipinski definition) is 0. The molecule has 0 aliphatic rings. The molecule has 5 heteroatoms. The van der Waals surface area contributed by atoms with Crippen molar-refractivity contribution in [1.82, 2.24) is 15.0 Å². The minimum atomic E-state index is 0. The molecule has 215 valence electrons. The van der Waals surface area contributed by atoms with E-state index in [2.05, 4.69) is 85.3 Å². The first kappa shape index (κ1) is 30.0. The van der Waals surface area contributed by atoms with Crippen LogP contribution in [0.2, 0.25) is 0 Å². The molecule has 0 saturated heterocycles. The first-order valence-electron chi connectivity index (χ1n) is 14.2. The van der Waals surface area contributed by atoms with Gasteiger partial charge in [-0.1, -0.05) is 73.3 Å². The quantitative estimate of drug-likeness (QED) is 0.165. The summed E-state index contributed by atoms with van der Waals surface area (Å²) in [6.07, 6.45) is 4.51. The average Bonchev–Trinajstić information content (AvgIpc) is 3.41. The van der Waals surface area contributed by atoms with Gasteiger partial charge >= 0.3 is 0 Å². The maximum atomic E-state index is 6.26. The Morgan fingerprint density at radius 2 is 1.58 bits per heavy atom. The minimum absolute atomic E-state index is 0. The summed E-state index contributed by atoms with van der Waals surface area (Å²) in [6.45, 7) is 6.52. The smallest absolute Gasteiger partial charge is 0.216 e. The molecule has 0 aliphatic carbocycles. The van der Waals surface area contributed by atoms with Crippen LogP contribution < -0.4 is 0 Å². The summed E-state index contributed by atoms with van der Waals surface area (Å²) in [5.41, 5.74) is 9.97. The zero-order chi connectivity index (χ0) is 28.9. The van der Waals surface area contributed by atoms with Crippen LogP contribution in [0.4, 0.5) is 0 Å². The van der Waals surface area contributed by atoms with Gasteiger partial charge in [0, 0.05) is 50.0 Å². The van der Waals surface area contributed by atoms with Gasteiger partial charge in [-0.2, -0.15) is 0 Å². The van der Waals surface area contributed by atoms with Gasteiger partial charge in [0.05, 0.1) is 5.58 Å². The summed E-state index contributed by atoms with van der Waals surface area (Å²) in [7, 11) is 0. The second-order valence-corrected chi connectivity index (χ2v) is 10.6. The van der Waals surface area contributed by atoms with Crippen molar-refractivity contribution in [3.63, 3.8) is 0 Å². The van der Waals surface area contributed by atoms with Gasteiger partial charge in [0.2, 0.25) is 5.71 Å². The summed E-state index contributed by atoms with van der Waals surface area (Å²) in [4.78, 5) is 13.7. The van der Waals surface area contributed by atoms with Crippen LogP contribution in [0.5, 0.6) is 0 Å². The molecule has 0 spiro atoms. The number of fused-ring (bicyclic) bond motifs is 3. The molecule has 0 unspecified atom stereocenters. The second-order valence-electron chi connectivity index (χ2n) is 10.6. The molecular weight excluding hydrogens is 707 g/mol. The van der Waals surface area contributed by atoms with Crippen molar-refractivity contribution < 1.29 is 24.5 Å². The standard InChI is InChI=1S/C27H23N2O.C11H8N.Ir/c1-17(2)24-15-25(28-16-18(24)3)23-11-7-10-21-22-13-12-20(29-27(22)30-26(21)23)14-19-8-5-4-6-9-19;1-2-6-10(7-3-1)11-8-4-5-9-12-11;/h4-10,12-13,15-17H,14H2,1-3H3;1-6,8-9H;/q2*-1;. The molecule has 0 atom stereocenters. The van der Waals surface area contributed by atoms with E-state index in [-0.39, 0.29) is 20.1 Å². The van der Waals surface area contributed by atoms with E-state index in [0.29, 0.717) is 11.6 Å². The van der Waals surface area contributed by atoms with Gasteiger partial charge in [0.15, 0.2) is 0 Å². The van der Waals surface area contributed by atoms with E-state index < -0.39 is 0 Å². The third-order valence-corrected chi connectivity index (χ3v) is 7.26. The Hall–Kier alpha value is -4.44. The summed E-state index contributed by atoms with van der Waals surface area (Å²) >= 11 is 0. The number of aryl methyl sites for hydroxylation is 1. The molecule has 4 aromatic heterocycles. The van der Waals surface area contributed by atoms with Crippen molar-refractivity contribution >= 4 is 22.1 Å². The number of benzene rings is 3. The number of aromatic nitrogens is 3. The van der Waals surface area contributed by atoms with Crippen LogP contribution in [0, 0.1) is 19.1 Å². The number of hydrogen-bond acceptors (Lipinski definition) is 4. The first-order valence-corrected chi connectivity index (χ1v) is 14.2. The molecule has 7 rings (SSSR count). The van der Waals surface area contributed by atoms with Crippen LogP contribution in [0.25, 0.3) is 44.6 Å². The predicted molar refractivity (Wildman–Crippen MR) is 170 cm³/mol. The molecule has 3 aromatic carbocycles. The van der Waals surface area contributed by atoms with Crippen molar-refractivity contribution in [2.75, 3.05) is 0 Å². The maximum absolute atomic E-state index is 6.26. The fourth-order valence-electron chi connectivity index (χ4n) is 5.13. The predicted octanol–water partition coefficient (Wildman–Crippen LogP) is 9.41. The number of furan rings is 1. The third kappa shape index (κ3) is 6.80. The Morgan fingerprint density at radius 1 is 0.767 bits per heavy atom. The van der Waals surface area contributed by atoms with E-state index in [0.717, 1.165) is 51.0 Å². The largest absolute Gasteiger partial charge is 0.486 e. The van der Waals surface area contributed by atoms with Crippen LogP contribution in [0.3, 0.4) is 0 Å². The van der Waals surface area contributed by atoms with Crippen molar-refractivity contribution in [2.24, 2.45) is 0 Å². The molecular formula is C38H31IrN3O-2.